The van der Waals surface area contributed by atoms with Crippen LogP contribution >= 0.6 is 11.6 Å². The van der Waals surface area contributed by atoms with Crippen molar-refractivity contribution < 1.29 is 14.3 Å². The van der Waals surface area contributed by atoms with Crippen LogP contribution < -0.4 is 4.90 Å². The average Bonchev–Trinajstić information content (AvgIpc) is 3.43. The molecule has 3 heterocycles. The van der Waals surface area contributed by atoms with Gasteiger partial charge >= 0.3 is 0 Å². The van der Waals surface area contributed by atoms with E-state index < -0.39 is 0 Å². The fourth-order valence-corrected chi connectivity index (χ4v) is 5.17. The van der Waals surface area contributed by atoms with E-state index in [4.69, 9.17) is 16.3 Å². The zero-order valence-electron chi connectivity index (χ0n) is 18.6. The summed E-state index contributed by atoms with van der Waals surface area (Å²) >= 11 is 6.51. The van der Waals surface area contributed by atoms with Crippen LogP contribution in [0.2, 0.25) is 0 Å². The number of halogens is 1. The minimum Gasteiger partial charge on any atom is -0.376 e. The van der Waals surface area contributed by atoms with Gasteiger partial charge in [0.05, 0.1) is 29.5 Å². The van der Waals surface area contributed by atoms with E-state index in [1.54, 1.807) is 6.07 Å². The minimum absolute atomic E-state index is 0.0482. The maximum atomic E-state index is 13.2. The Labute approximate surface area is 199 Å². The second kappa shape index (κ2) is 9.67. The third kappa shape index (κ3) is 4.69. The summed E-state index contributed by atoms with van der Waals surface area (Å²) in [4.78, 5) is 32.1. The molecule has 2 fully saturated rings. The lowest BCUT2D eigenvalue weighted by atomic mass is 10.1. The number of hydrogen-bond donors (Lipinski definition) is 0. The molecule has 0 radical (unpaired) electrons. The number of anilines is 1. The Hall–Kier alpha value is -2.67. The monoisotopic (exact) mass is 465 g/mol. The van der Waals surface area contributed by atoms with Crippen molar-refractivity contribution in [1.82, 2.24) is 9.80 Å². The van der Waals surface area contributed by atoms with Crippen LogP contribution in [0.5, 0.6) is 0 Å². The Bertz CT molecular complexity index is 1060. The van der Waals surface area contributed by atoms with Crippen LogP contribution in [0.4, 0.5) is 5.69 Å². The molecule has 2 aromatic rings. The Morgan fingerprint density at radius 3 is 2.52 bits per heavy atom. The normalized spacial score (nSPS) is 21.7. The van der Waals surface area contributed by atoms with Gasteiger partial charge in [0, 0.05) is 44.4 Å². The van der Waals surface area contributed by atoms with E-state index in [-0.39, 0.29) is 17.9 Å². The van der Waals surface area contributed by atoms with Crippen LogP contribution in [0.25, 0.3) is 6.08 Å². The zero-order chi connectivity index (χ0) is 22.8. The van der Waals surface area contributed by atoms with Gasteiger partial charge in [-0.25, -0.2) is 0 Å². The molecule has 6 nitrogen and oxygen atoms in total. The molecular formula is C26H28ClN3O3. The van der Waals surface area contributed by atoms with Crippen molar-refractivity contribution in [3.8, 4) is 0 Å². The number of fused-ring (bicyclic) bond motifs is 1. The molecule has 5 rings (SSSR count). The molecule has 3 aliphatic heterocycles. The number of nitrogens with zero attached hydrogens (tertiary/aromatic N) is 3. The van der Waals surface area contributed by atoms with Gasteiger partial charge in [-0.1, -0.05) is 48.0 Å². The molecule has 0 bridgehead atoms. The topological polar surface area (TPSA) is 53.1 Å². The first-order valence-electron chi connectivity index (χ1n) is 11.6. The molecule has 0 spiro atoms. The van der Waals surface area contributed by atoms with Crippen LogP contribution in [0.1, 0.15) is 39.1 Å². The first kappa shape index (κ1) is 22.1. The number of amides is 2. The van der Waals surface area contributed by atoms with Crippen molar-refractivity contribution in [3.05, 3.63) is 70.3 Å². The van der Waals surface area contributed by atoms with Gasteiger partial charge in [0.25, 0.3) is 11.8 Å². The van der Waals surface area contributed by atoms with E-state index in [1.165, 1.54) is 4.90 Å². The molecule has 0 aliphatic carbocycles. The highest BCUT2D eigenvalue weighted by molar-refractivity contribution is 6.31. The van der Waals surface area contributed by atoms with Crippen LogP contribution in [0.3, 0.4) is 0 Å². The van der Waals surface area contributed by atoms with Gasteiger partial charge in [-0.2, -0.15) is 0 Å². The molecule has 33 heavy (non-hydrogen) atoms. The number of carbonyl (C=O) groups excluding carboxylic acids is 2. The van der Waals surface area contributed by atoms with Crippen molar-refractivity contribution in [2.45, 2.75) is 18.9 Å². The number of ether oxygens (including phenoxy) is 1. The summed E-state index contributed by atoms with van der Waals surface area (Å²) in [7, 11) is 0. The first-order chi connectivity index (χ1) is 16.1. The summed E-state index contributed by atoms with van der Waals surface area (Å²) in [5.74, 6) is -0.402. The molecule has 7 heteroatoms. The Balaban J connectivity index is 1.25. The Morgan fingerprint density at radius 1 is 1.00 bits per heavy atom. The van der Waals surface area contributed by atoms with Crippen molar-refractivity contribution in [2.24, 2.45) is 0 Å². The zero-order valence-corrected chi connectivity index (χ0v) is 19.3. The molecule has 2 saturated heterocycles. The highest BCUT2D eigenvalue weighted by atomic mass is 35.5. The van der Waals surface area contributed by atoms with Crippen molar-refractivity contribution >= 4 is 35.2 Å². The fourth-order valence-electron chi connectivity index (χ4n) is 4.87. The average molecular weight is 466 g/mol. The molecule has 172 valence electrons. The maximum Gasteiger partial charge on any atom is 0.263 e. The first-order valence-corrected chi connectivity index (χ1v) is 12.0. The Kier molecular flexibility index (Phi) is 6.49. The molecular weight excluding hydrogens is 438 g/mol. The van der Waals surface area contributed by atoms with E-state index in [0.29, 0.717) is 30.8 Å². The summed E-state index contributed by atoms with van der Waals surface area (Å²) in [6, 6.07) is 15.7. The van der Waals surface area contributed by atoms with Crippen molar-refractivity contribution in [3.63, 3.8) is 0 Å². The number of hydrogen-bond acceptors (Lipinski definition) is 5. The number of imide groups is 1. The smallest absolute Gasteiger partial charge is 0.263 e. The summed E-state index contributed by atoms with van der Waals surface area (Å²) < 4.78 is 5.66. The van der Waals surface area contributed by atoms with Crippen molar-refractivity contribution in [2.75, 3.05) is 50.8 Å². The molecule has 2 amide bonds. The number of carbonyl (C=O) groups is 2. The van der Waals surface area contributed by atoms with Gasteiger partial charge in [0.15, 0.2) is 0 Å². The van der Waals surface area contributed by atoms with Crippen LogP contribution in [-0.4, -0.2) is 73.6 Å². The van der Waals surface area contributed by atoms with Gasteiger partial charge in [-0.05, 0) is 36.6 Å². The highest BCUT2D eigenvalue weighted by Crippen LogP contribution is 2.33. The van der Waals surface area contributed by atoms with Crippen molar-refractivity contribution in [1.29, 1.82) is 0 Å². The highest BCUT2D eigenvalue weighted by Gasteiger charge is 2.40. The number of benzene rings is 2. The number of piperazine rings is 1. The predicted octanol–water partition coefficient (Wildman–Crippen LogP) is 3.86. The quantitative estimate of drug-likeness (QED) is 0.606. The molecule has 1 atom stereocenters. The van der Waals surface area contributed by atoms with Gasteiger partial charge in [-0.3, -0.25) is 19.4 Å². The molecule has 0 saturated carbocycles. The largest absolute Gasteiger partial charge is 0.376 e. The van der Waals surface area contributed by atoms with Crippen LogP contribution in [0.15, 0.2) is 53.6 Å². The Morgan fingerprint density at radius 2 is 1.79 bits per heavy atom. The molecule has 2 aromatic carbocycles. The SMILES string of the molecule is O=C1c2cccc(N3CCN(C/C(Cl)=C/c4ccccc4)CC3)c2C(=O)N1C[C@@H]1CCCO1. The second-order valence-electron chi connectivity index (χ2n) is 8.82. The van der Waals surface area contributed by atoms with Gasteiger partial charge in [0.2, 0.25) is 0 Å². The summed E-state index contributed by atoms with van der Waals surface area (Å²) in [5, 5.41) is 0.806. The predicted molar refractivity (Wildman–Crippen MR) is 130 cm³/mol. The third-order valence-corrected chi connectivity index (χ3v) is 6.83. The second-order valence-corrected chi connectivity index (χ2v) is 9.31. The summed E-state index contributed by atoms with van der Waals surface area (Å²) in [5.41, 5.74) is 2.99. The fraction of sp³-hybridized carbons (Fsp3) is 0.385. The lowest BCUT2D eigenvalue weighted by molar-refractivity contribution is 0.0475. The van der Waals surface area contributed by atoms with Crippen LogP contribution in [0, 0.1) is 0 Å². The molecule has 0 N–H and O–H groups in total. The molecule has 0 unspecified atom stereocenters. The molecule has 3 aliphatic rings. The van der Waals surface area contributed by atoms with Gasteiger partial charge in [0.1, 0.15) is 0 Å². The van der Waals surface area contributed by atoms with E-state index in [9.17, 15) is 9.59 Å². The van der Waals surface area contributed by atoms with E-state index in [1.807, 2.05) is 48.5 Å². The summed E-state index contributed by atoms with van der Waals surface area (Å²) in [6.45, 7) is 4.97. The van der Waals surface area contributed by atoms with E-state index in [2.05, 4.69) is 9.80 Å². The minimum atomic E-state index is -0.205. The summed E-state index contributed by atoms with van der Waals surface area (Å²) in [6.07, 6.45) is 3.83. The third-order valence-electron chi connectivity index (χ3n) is 6.60. The molecule has 0 aromatic heterocycles. The van der Waals surface area contributed by atoms with E-state index >= 15 is 0 Å². The standard InChI is InChI=1S/C26H28ClN3O3/c27-20(16-19-6-2-1-3-7-19)17-28-11-13-29(14-12-28)23-10-4-9-22-24(23)26(32)30(25(22)31)18-21-8-5-15-33-21/h1-4,6-7,9-10,16,21H,5,8,11-15,17-18H2/b20-16-/t21-/m0/s1. The van der Waals surface area contributed by atoms with E-state index in [0.717, 1.165) is 55.3 Å². The lowest BCUT2D eigenvalue weighted by Gasteiger charge is -2.36. The number of rotatable bonds is 6. The lowest BCUT2D eigenvalue weighted by Crippen LogP contribution is -2.47. The van der Waals surface area contributed by atoms with Crippen LogP contribution in [-0.2, 0) is 4.74 Å². The van der Waals surface area contributed by atoms with Gasteiger partial charge < -0.3 is 9.64 Å². The van der Waals surface area contributed by atoms with Gasteiger partial charge in [-0.15, -0.1) is 0 Å². The maximum absolute atomic E-state index is 13.2.